The Morgan fingerprint density at radius 3 is 2.64 bits per heavy atom. The van der Waals surface area contributed by atoms with Gasteiger partial charge >= 0.3 is 6.03 Å². The number of hydrogen-bond donors (Lipinski definition) is 2. The summed E-state index contributed by atoms with van der Waals surface area (Å²) < 4.78 is 13.3. The minimum atomic E-state index is -0.915. The van der Waals surface area contributed by atoms with Crippen molar-refractivity contribution in [2.45, 2.75) is 31.3 Å². The van der Waals surface area contributed by atoms with E-state index >= 15 is 0 Å². The summed E-state index contributed by atoms with van der Waals surface area (Å²) in [5.74, 6) is -1.04. The van der Waals surface area contributed by atoms with E-state index in [2.05, 4.69) is 10.6 Å². The molecule has 1 aromatic carbocycles. The number of nitrogens with zero attached hydrogens (tertiary/aromatic N) is 1. The lowest BCUT2D eigenvalue weighted by atomic mass is 9.96. The fraction of sp³-hybridized carbons (Fsp3) is 0.350. The summed E-state index contributed by atoms with van der Waals surface area (Å²) in [5.41, 5.74) is -0.196. The van der Waals surface area contributed by atoms with Gasteiger partial charge in [-0.2, -0.15) is 0 Å². The maximum Gasteiger partial charge on any atom is 0.325 e. The molecule has 1 saturated carbocycles. The van der Waals surface area contributed by atoms with E-state index in [-0.39, 0.29) is 24.2 Å². The molecule has 2 aliphatic rings. The Bertz CT molecular complexity index is 911. The molecule has 1 aromatic heterocycles. The topological polar surface area (TPSA) is 78.5 Å². The Labute approximate surface area is 165 Å². The molecule has 4 rings (SSSR count). The van der Waals surface area contributed by atoms with Crippen LogP contribution in [0.4, 0.5) is 9.18 Å². The van der Waals surface area contributed by atoms with Gasteiger partial charge in [0.2, 0.25) is 5.91 Å². The van der Waals surface area contributed by atoms with Crippen LogP contribution < -0.4 is 10.6 Å². The zero-order chi connectivity index (χ0) is 19.9. The smallest absolute Gasteiger partial charge is 0.325 e. The van der Waals surface area contributed by atoms with Crippen molar-refractivity contribution in [1.29, 1.82) is 0 Å². The first-order chi connectivity index (χ1) is 13.4. The highest BCUT2D eigenvalue weighted by atomic mass is 32.1. The van der Waals surface area contributed by atoms with Crippen molar-refractivity contribution >= 4 is 29.2 Å². The highest BCUT2D eigenvalue weighted by molar-refractivity contribution is 7.10. The van der Waals surface area contributed by atoms with Crippen molar-refractivity contribution in [2.75, 3.05) is 6.54 Å². The van der Waals surface area contributed by atoms with Crippen LogP contribution in [-0.4, -0.2) is 34.8 Å². The number of urea groups is 1. The molecule has 2 fully saturated rings. The van der Waals surface area contributed by atoms with E-state index in [0.29, 0.717) is 0 Å². The molecule has 1 aliphatic carbocycles. The maximum atomic E-state index is 13.3. The Balaban J connectivity index is 1.50. The van der Waals surface area contributed by atoms with E-state index in [1.165, 1.54) is 23.5 Å². The van der Waals surface area contributed by atoms with E-state index in [1.807, 2.05) is 17.5 Å². The molecule has 0 bridgehead atoms. The van der Waals surface area contributed by atoms with Gasteiger partial charge in [0.05, 0.1) is 6.04 Å². The Morgan fingerprint density at radius 2 is 2.04 bits per heavy atom. The van der Waals surface area contributed by atoms with E-state index in [1.54, 1.807) is 19.1 Å². The van der Waals surface area contributed by atoms with E-state index in [4.69, 9.17) is 0 Å². The second-order valence-corrected chi connectivity index (χ2v) is 8.34. The van der Waals surface area contributed by atoms with Crippen LogP contribution in [0.25, 0.3) is 0 Å². The molecular formula is C20H20FN3O3S. The van der Waals surface area contributed by atoms with Gasteiger partial charge in [-0.05, 0) is 54.8 Å². The third-order valence-electron chi connectivity index (χ3n) is 5.33. The first-order valence-corrected chi connectivity index (χ1v) is 9.99. The molecule has 0 unspecified atom stereocenters. The van der Waals surface area contributed by atoms with Crippen molar-refractivity contribution in [3.05, 3.63) is 58.0 Å². The molecule has 4 amide bonds. The second-order valence-electron chi connectivity index (χ2n) is 7.37. The normalized spacial score (nSPS) is 22.9. The quantitative estimate of drug-likeness (QED) is 0.731. The number of rotatable bonds is 6. The molecule has 1 saturated heterocycles. The molecular weight excluding hydrogens is 381 g/mol. The lowest BCUT2D eigenvalue weighted by Crippen LogP contribution is -2.47. The first kappa shape index (κ1) is 18.6. The van der Waals surface area contributed by atoms with Crippen LogP contribution in [0.2, 0.25) is 0 Å². The lowest BCUT2D eigenvalue weighted by molar-refractivity contribution is -0.135. The SMILES string of the molecule is C[C@@]1(C2CC2)NC(=O)N(CC(=O)N[C@@H](c2ccc(F)cc2)c2cccs2)C1=O. The van der Waals surface area contributed by atoms with Crippen LogP contribution >= 0.6 is 11.3 Å². The predicted octanol–water partition coefficient (Wildman–Crippen LogP) is 2.81. The average Bonchev–Trinajstić information content (AvgIpc) is 3.35. The van der Waals surface area contributed by atoms with Crippen LogP contribution in [-0.2, 0) is 9.59 Å². The average molecular weight is 401 g/mol. The van der Waals surface area contributed by atoms with Gasteiger partial charge in [-0.25, -0.2) is 9.18 Å². The summed E-state index contributed by atoms with van der Waals surface area (Å²) in [6.07, 6.45) is 1.79. The molecule has 2 aromatic rings. The summed E-state index contributed by atoms with van der Waals surface area (Å²) in [6, 6.07) is 8.60. The third-order valence-corrected chi connectivity index (χ3v) is 6.27. The number of carbonyl (C=O) groups is 3. The summed E-state index contributed by atoms with van der Waals surface area (Å²) in [4.78, 5) is 39.5. The van der Waals surface area contributed by atoms with Crippen molar-refractivity contribution in [3.8, 4) is 0 Å². The molecule has 2 N–H and O–H groups in total. The predicted molar refractivity (Wildman–Crippen MR) is 102 cm³/mol. The fourth-order valence-electron chi connectivity index (χ4n) is 3.58. The van der Waals surface area contributed by atoms with Gasteiger partial charge in [-0.3, -0.25) is 14.5 Å². The molecule has 6 nitrogen and oxygen atoms in total. The standard InChI is InChI=1S/C20H20FN3O3S/c1-20(13-6-7-13)18(26)24(19(27)23-20)11-16(25)22-17(15-3-2-10-28-15)12-4-8-14(21)9-5-12/h2-5,8-10,13,17H,6-7,11H2,1H3,(H,22,25)(H,23,27)/t17-,20-/m0/s1. The third kappa shape index (κ3) is 3.40. The molecule has 8 heteroatoms. The van der Waals surface area contributed by atoms with Crippen molar-refractivity contribution in [3.63, 3.8) is 0 Å². The van der Waals surface area contributed by atoms with Crippen molar-refractivity contribution in [2.24, 2.45) is 5.92 Å². The lowest BCUT2D eigenvalue weighted by Gasteiger charge is -2.22. The van der Waals surface area contributed by atoms with Crippen LogP contribution in [0.5, 0.6) is 0 Å². The molecule has 1 aliphatic heterocycles. The van der Waals surface area contributed by atoms with Gasteiger partial charge in [0.25, 0.3) is 5.91 Å². The summed E-state index contributed by atoms with van der Waals surface area (Å²) in [7, 11) is 0. The number of halogens is 1. The summed E-state index contributed by atoms with van der Waals surface area (Å²) in [5, 5.41) is 7.49. The number of nitrogens with one attached hydrogen (secondary N) is 2. The zero-order valence-corrected chi connectivity index (χ0v) is 16.1. The fourth-order valence-corrected chi connectivity index (χ4v) is 4.38. The molecule has 2 heterocycles. The monoisotopic (exact) mass is 401 g/mol. The number of imide groups is 1. The van der Waals surface area contributed by atoms with Crippen LogP contribution in [0.3, 0.4) is 0 Å². The first-order valence-electron chi connectivity index (χ1n) is 9.11. The van der Waals surface area contributed by atoms with E-state index < -0.39 is 23.5 Å². The maximum absolute atomic E-state index is 13.3. The second kappa shape index (κ2) is 7.01. The van der Waals surface area contributed by atoms with Crippen LogP contribution in [0.15, 0.2) is 41.8 Å². The molecule has 0 radical (unpaired) electrons. The largest absolute Gasteiger partial charge is 0.343 e. The Kier molecular flexibility index (Phi) is 4.66. The zero-order valence-electron chi connectivity index (χ0n) is 15.3. The summed E-state index contributed by atoms with van der Waals surface area (Å²) >= 11 is 1.46. The molecule has 2 atom stereocenters. The van der Waals surface area contributed by atoms with Crippen LogP contribution in [0, 0.1) is 11.7 Å². The molecule has 0 spiro atoms. The Hall–Kier alpha value is -2.74. The van der Waals surface area contributed by atoms with Crippen molar-refractivity contribution < 1.29 is 18.8 Å². The van der Waals surface area contributed by atoms with E-state index in [0.717, 1.165) is 28.2 Å². The number of amides is 4. The minimum Gasteiger partial charge on any atom is -0.343 e. The number of thiophene rings is 1. The van der Waals surface area contributed by atoms with Gasteiger partial charge in [0, 0.05) is 4.88 Å². The minimum absolute atomic E-state index is 0.134. The van der Waals surface area contributed by atoms with Gasteiger partial charge in [-0.15, -0.1) is 11.3 Å². The van der Waals surface area contributed by atoms with Gasteiger partial charge in [0.15, 0.2) is 0 Å². The van der Waals surface area contributed by atoms with E-state index in [9.17, 15) is 18.8 Å². The number of carbonyl (C=O) groups excluding carboxylic acids is 3. The van der Waals surface area contributed by atoms with Crippen molar-refractivity contribution in [1.82, 2.24) is 15.5 Å². The van der Waals surface area contributed by atoms with Gasteiger partial charge in [-0.1, -0.05) is 18.2 Å². The number of benzene rings is 1. The van der Waals surface area contributed by atoms with Crippen LogP contribution in [0.1, 0.15) is 36.2 Å². The van der Waals surface area contributed by atoms with Gasteiger partial charge < -0.3 is 10.6 Å². The Morgan fingerprint density at radius 1 is 1.32 bits per heavy atom. The highest BCUT2D eigenvalue weighted by Gasteiger charge is 2.56. The molecule has 146 valence electrons. The highest BCUT2D eigenvalue weighted by Crippen LogP contribution is 2.42. The van der Waals surface area contributed by atoms with Gasteiger partial charge in [0.1, 0.15) is 17.9 Å². The number of hydrogen-bond acceptors (Lipinski definition) is 4. The molecule has 28 heavy (non-hydrogen) atoms. The summed E-state index contributed by atoms with van der Waals surface area (Å²) in [6.45, 7) is 1.37.